The van der Waals surface area contributed by atoms with Crippen LogP contribution in [0.25, 0.3) is 0 Å². The number of ether oxygens (including phenoxy) is 1. The molecule has 4 atom stereocenters. The number of nitrogens with one attached hydrogen (secondary N) is 1. The van der Waals surface area contributed by atoms with Gasteiger partial charge in [-0.05, 0) is 68.9 Å². The Bertz CT molecular complexity index is 939. The summed E-state index contributed by atoms with van der Waals surface area (Å²) >= 11 is 0. The molecule has 170 valence electrons. The van der Waals surface area contributed by atoms with E-state index in [2.05, 4.69) is 12.2 Å². The number of sulfonamides is 1. The number of hydrogen-bond acceptors (Lipinski definition) is 5. The van der Waals surface area contributed by atoms with Gasteiger partial charge in [0.25, 0.3) is 0 Å². The van der Waals surface area contributed by atoms with Crippen LogP contribution in [0.3, 0.4) is 0 Å². The van der Waals surface area contributed by atoms with Crippen LogP contribution in [-0.2, 0) is 19.6 Å². The van der Waals surface area contributed by atoms with E-state index in [4.69, 9.17) is 4.74 Å². The highest BCUT2D eigenvalue weighted by molar-refractivity contribution is 7.89. The van der Waals surface area contributed by atoms with Crippen molar-refractivity contribution in [1.82, 2.24) is 9.62 Å². The van der Waals surface area contributed by atoms with Gasteiger partial charge in [-0.25, -0.2) is 13.2 Å². The van der Waals surface area contributed by atoms with Crippen LogP contribution in [0.1, 0.15) is 55.8 Å². The molecule has 1 saturated heterocycles. The molecule has 7 nitrogen and oxygen atoms in total. The van der Waals surface area contributed by atoms with Crippen molar-refractivity contribution in [2.24, 2.45) is 23.7 Å². The number of fused-ring (bicyclic) bond motifs is 2. The fraction of sp³-hybridized carbons (Fsp3) is 0.652. The third-order valence-corrected chi connectivity index (χ3v) is 9.50. The highest BCUT2D eigenvalue weighted by Gasteiger charge is 2.42. The molecule has 0 unspecified atom stereocenters. The van der Waals surface area contributed by atoms with Gasteiger partial charge >= 0.3 is 5.97 Å². The molecule has 1 heterocycles. The molecule has 1 aromatic rings. The quantitative estimate of drug-likeness (QED) is 0.676. The predicted octanol–water partition coefficient (Wildman–Crippen LogP) is 2.81. The normalized spacial score (nSPS) is 27.7. The average Bonchev–Trinajstić information content (AvgIpc) is 3.42. The molecule has 3 aliphatic rings. The summed E-state index contributed by atoms with van der Waals surface area (Å²) in [7, 11) is -2.61. The first-order valence-corrected chi connectivity index (χ1v) is 12.7. The summed E-state index contributed by atoms with van der Waals surface area (Å²) in [5.74, 6) is 1.37. The predicted molar refractivity (Wildman–Crippen MR) is 116 cm³/mol. The number of nitrogens with zero attached hydrogens (tertiary/aromatic N) is 1. The number of amides is 1. The Morgan fingerprint density at radius 1 is 1.10 bits per heavy atom. The summed E-state index contributed by atoms with van der Waals surface area (Å²) < 4.78 is 32.4. The zero-order chi connectivity index (χ0) is 22.2. The number of hydrogen-bond donors (Lipinski definition) is 1. The van der Waals surface area contributed by atoms with Crippen molar-refractivity contribution >= 4 is 21.9 Å². The van der Waals surface area contributed by atoms with Crippen LogP contribution in [-0.4, -0.2) is 50.8 Å². The summed E-state index contributed by atoms with van der Waals surface area (Å²) in [5, 5.41) is 3.23. The van der Waals surface area contributed by atoms with Crippen molar-refractivity contribution in [3.8, 4) is 0 Å². The Hall–Kier alpha value is -1.93. The van der Waals surface area contributed by atoms with Crippen LogP contribution in [0, 0.1) is 23.7 Å². The number of rotatable bonds is 6. The van der Waals surface area contributed by atoms with Gasteiger partial charge in [0.05, 0.1) is 17.6 Å². The third kappa shape index (κ3) is 4.37. The minimum Gasteiger partial charge on any atom is -0.465 e. The standard InChI is InChI=1S/C23H32N2O5S/c1-15(20-14-16-7-8-18(20)13-16)24-22(26)17-9-11-25(12-10-17)31(28,29)21-6-4-3-5-19(21)23(27)30-2/h3-6,15-18,20H,7-14H2,1-2H3,(H,24,26)/t15-,16+,18+,20+/m1/s1. The highest BCUT2D eigenvalue weighted by atomic mass is 32.2. The van der Waals surface area contributed by atoms with Gasteiger partial charge in [-0.3, -0.25) is 4.79 Å². The lowest BCUT2D eigenvalue weighted by Gasteiger charge is -2.33. The second kappa shape index (κ2) is 8.90. The van der Waals surface area contributed by atoms with Crippen LogP contribution >= 0.6 is 0 Å². The van der Waals surface area contributed by atoms with E-state index in [0.29, 0.717) is 18.8 Å². The summed E-state index contributed by atoms with van der Waals surface area (Å²) in [6.07, 6.45) is 6.13. The number of carbonyl (C=O) groups is 2. The number of piperidine rings is 1. The van der Waals surface area contributed by atoms with E-state index in [1.54, 1.807) is 12.1 Å². The van der Waals surface area contributed by atoms with E-state index < -0.39 is 16.0 Å². The fourth-order valence-electron chi connectivity index (χ4n) is 5.82. The van der Waals surface area contributed by atoms with Crippen molar-refractivity contribution in [3.05, 3.63) is 29.8 Å². The number of benzene rings is 1. The molecule has 1 amide bonds. The topological polar surface area (TPSA) is 92.8 Å². The molecular formula is C23H32N2O5S. The maximum absolute atomic E-state index is 13.1. The fourth-order valence-corrected chi connectivity index (χ4v) is 7.47. The lowest BCUT2D eigenvalue weighted by Crippen LogP contribution is -2.47. The van der Waals surface area contributed by atoms with E-state index in [9.17, 15) is 18.0 Å². The lowest BCUT2D eigenvalue weighted by molar-refractivity contribution is -0.127. The monoisotopic (exact) mass is 448 g/mol. The van der Waals surface area contributed by atoms with Gasteiger partial charge < -0.3 is 10.1 Å². The van der Waals surface area contributed by atoms with Crippen molar-refractivity contribution in [2.45, 2.75) is 56.4 Å². The molecule has 8 heteroatoms. The minimum atomic E-state index is -3.84. The van der Waals surface area contributed by atoms with Gasteiger partial charge in [-0.2, -0.15) is 4.31 Å². The highest BCUT2D eigenvalue weighted by Crippen LogP contribution is 2.49. The first-order valence-electron chi connectivity index (χ1n) is 11.3. The van der Waals surface area contributed by atoms with Crippen LogP contribution in [0.15, 0.2) is 29.2 Å². The lowest BCUT2D eigenvalue weighted by atomic mass is 9.83. The summed E-state index contributed by atoms with van der Waals surface area (Å²) in [4.78, 5) is 24.8. The molecule has 0 aromatic heterocycles. The maximum Gasteiger partial charge on any atom is 0.339 e. The Kier molecular flexibility index (Phi) is 6.40. The molecular weight excluding hydrogens is 416 g/mol. The first kappa shape index (κ1) is 22.3. The smallest absolute Gasteiger partial charge is 0.339 e. The molecule has 1 aromatic carbocycles. The van der Waals surface area contributed by atoms with Gasteiger partial charge in [0.2, 0.25) is 15.9 Å². The van der Waals surface area contributed by atoms with Gasteiger partial charge in [0.15, 0.2) is 0 Å². The second-order valence-corrected chi connectivity index (χ2v) is 11.2. The van der Waals surface area contributed by atoms with Crippen LogP contribution in [0.4, 0.5) is 0 Å². The van der Waals surface area contributed by atoms with Crippen LogP contribution in [0.5, 0.6) is 0 Å². The van der Waals surface area contributed by atoms with E-state index >= 15 is 0 Å². The number of carbonyl (C=O) groups excluding carboxylic acids is 2. The van der Waals surface area contributed by atoms with Gasteiger partial charge in [0.1, 0.15) is 0 Å². The summed E-state index contributed by atoms with van der Waals surface area (Å²) in [6.45, 7) is 2.64. The molecule has 4 rings (SSSR count). The summed E-state index contributed by atoms with van der Waals surface area (Å²) in [5.41, 5.74) is 0.0320. The third-order valence-electron chi connectivity index (χ3n) is 7.54. The molecule has 0 radical (unpaired) electrons. The van der Waals surface area contributed by atoms with Gasteiger partial charge in [-0.15, -0.1) is 0 Å². The molecule has 0 spiro atoms. The van der Waals surface area contributed by atoms with Crippen molar-refractivity contribution < 1.29 is 22.7 Å². The molecule has 3 fully saturated rings. The molecule has 2 bridgehead atoms. The zero-order valence-corrected chi connectivity index (χ0v) is 19.1. The second-order valence-electron chi connectivity index (χ2n) is 9.30. The van der Waals surface area contributed by atoms with Gasteiger partial charge in [-0.1, -0.05) is 18.6 Å². The van der Waals surface area contributed by atoms with Crippen molar-refractivity contribution in [1.29, 1.82) is 0 Å². The van der Waals surface area contributed by atoms with E-state index in [-0.39, 0.29) is 41.4 Å². The maximum atomic E-state index is 13.1. The van der Waals surface area contributed by atoms with Crippen molar-refractivity contribution in [3.63, 3.8) is 0 Å². The molecule has 2 aliphatic carbocycles. The Balaban J connectivity index is 1.36. The van der Waals surface area contributed by atoms with Crippen LogP contribution in [0.2, 0.25) is 0 Å². The Morgan fingerprint density at radius 2 is 1.81 bits per heavy atom. The van der Waals surface area contributed by atoms with Crippen LogP contribution < -0.4 is 5.32 Å². The van der Waals surface area contributed by atoms with Gasteiger partial charge in [0, 0.05) is 25.0 Å². The zero-order valence-electron chi connectivity index (χ0n) is 18.2. The number of methoxy groups -OCH3 is 1. The molecule has 1 aliphatic heterocycles. The average molecular weight is 449 g/mol. The minimum absolute atomic E-state index is 0.0320. The van der Waals surface area contributed by atoms with Crippen molar-refractivity contribution in [2.75, 3.05) is 20.2 Å². The number of esters is 1. The SMILES string of the molecule is COC(=O)c1ccccc1S(=O)(=O)N1CCC(C(=O)N[C@H](C)[C@@H]2C[C@H]3CC[C@H]2C3)CC1. The van der Waals surface area contributed by atoms with E-state index in [1.165, 1.54) is 49.2 Å². The largest absolute Gasteiger partial charge is 0.465 e. The van der Waals surface area contributed by atoms with E-state index in [0.717, 1.165) is 11.8 Å². The molecule has 2 saturated carbocycles. The molecule has 31 heavy (non-hydrogen) atoms. The Morgan fingerprint density at radius 3 is 2.42 bits per heavy atom. The Labute approximate surface area is 184 Å². The van der Waals surface area contributed by atoms with E-state index in [1.807, 2.05) is 0 Å². The molecule has 1 N–H and O–H groups in total. The first-order chi connectivity index (χ1) is 14.8. The summed E-state index contributed by atoms with van der Waals surface area (Å²) in [6, 6.07) is 6.26.